The monoisotopic (exact) mass is 249 g/mol. The van der Waals surface area contributed by atoms with Gasteiger partial charge in [-0.1, -0.05) is 15.9 Å². The summed E-state index contributed by atoms with van der Waals surface area (Å²) >= 11 is 3.36. The van der Waals surface area contributed by atoms with Gasteiger partial charge in [0, 0.05) is 4.47 Å². The van der Waals surface area contributed by atoms with Crippen LogP contribution in [0.4, 0.5) is 5.69 Å². The first kappa shape index (κ1) is 9.21. The lowest BCUT2D eigenvalue weighted by Gasteiger charge is -1.92. The van der Waals surface area contributed by atoms with Gasteiger partial charge in [0.05, 0.1) is 18.2 Å². The number of benzene rings is 1. The number of nitrogens with zero attached hydrogens (tertiary/aromatic N) is 1. The maximum absolute atomic E-state index is 5.12. The molecule has 0 radical (unpaired) electrons. The molecule has 0 fully saturated rings. The fourth-order valence-corrected chi connectivity index (χ4v) is 1.29. The lowest BCUT2D eigenvalue weighted by Crippen LogP contribution is -1.73. The molecule has 0 unspecified atom stereocenters. The van der Waals surface area contributed by atoms with Crippen LogP contribution in [0.2, 0.25) is 0 Å². The number of furan rings is 1. The summed E-state index contributed by atoms with van der Waals surface area (Å²) in [5.74, 6) is 0.757. The molecule has 0 saturated carbocycles. The minimum atomic E-state index is 0.757. The van der Waals surface area contributed by atoms with Crippen LogP contribution < -0.4 is 0 Å². The third kappa shape index (κ3) is 2.33. The normalized spacial score (nSPS) is 10.9. The Labute approximate surface area is 90.4 Å². The van der Waals surface area contributed by atoms with Crippen molar-refractivity contribution in [3.63, 3.8) is 0 Å². The Kier molecular flexibility index (Phi) is 2.79. The number of rotatable bonds is 2. The van der Waals surface area contributed by atoms with Crippen molar-refractivity contribution < 1.29 is 4.42 Å². The average Bonchev–Trinajstić information content (AvgIpc) is 2.70. The van der Waals surface area contributed by atoms with E-state index in [1.165, 1.54) is 0 Å². The molecule has 0 atom stereocenters. The van der Waals surface area contributed by atoms with E-state index < -0.39 is 0 Å². The molecule has 1 aromatic carbocycles. The van der Waals surface area contributed by atoms with Gasteiger partial charge >= 0.3 is 0 Å². The largest absolute Gasteiger partial charge is 0.463 e. The molecule has 70 valence electrons. The first-order valence-electron chi connectivity index (χ1n) is 4.18. The third-order valence-electron chi connectivity index (χ3n) is 1.71. The van der Waals surface area contributed by atoms with Crippen LogP contribution in [0.5, 0.6) is 0 Å². The standard InChI is InChI=1S/C11H8BrNO/c12-9-3-5-10(6-4-9)13-8-11-2-1-7-14-11/h1-8H. The van der Waals surface area contributed by atoms with Gasteiger partial charge in [-0.05, 0) is 36.4 Å². The molecule has 3 heteroatoms. The molecule has 2 aromatic rings. The van der Waals surface area contributed by atoms with Crippen molar-refractivity contribution >= 4 is 27.8 Å². The molecule has 0 aliphatic heterocycles. The van der Waals surface area contributed by atoms with E-state index in [-0.39, 0.29) is 0 Å². The molecule has 1 aromatic heterocycles. The molecular weight excluding hydrogens is 242 g/mol. The fourth-order valence-electron chi connectivity index (χ4n) is 1.03. The molecule has 1 heterocycles. The highest BCUT2D eigenvalue weighted by atomic mass is 79.9. The van der Waals surface area contributed by atoms with E-state index in [4.69, 9.17) is 4.42 Å². The first-order chi connectivity index (χ1) is 6.84. The van der Waals surface area contributed by atoms with Crippen molar-refractivity contribution in [3.05, 3.63) is 52.9 Å². The summed E-state index contributed by atoms with van der Waals surface area (Å²) in [6.45, 7) is 0. The smallest absolute Gasteiger partial charge is 0.144 e. The Morgan fingerprint density at radius 3 is 2.57 bits per heavy atom. The maximum Gasteiger partial charge on any atom is 0.144 e. The van der Waals surface area contributed by atoms with E-state index in [0.717, 1.165) is 15.9 Å². The lowest BCUT2D eigenvalue weighted by atomic mass is 10.3. The maximum atomic E-state index is 5.12. The molecule has 2 nitrogen and oxygen atoms in total. The zero-order valence-corrected chi connectivity index (χ0v) is 8.94. The van der Waals surface area contributed by atoms with Crippen LogP contribution in [0.25, 0.3) is 0 Å². The van der Waals surface area contributed by atoms with Gasteiger partial charge in [-0.2, -0.15) is 0 Å². The van der Waals surface area contributed by atoms with E-state index in [1.807, 2.05) is 36.4 Å². The van der Waals surface area contributed by atoms with Gasteiger partial charge in [-0.25, -0.2) is 0 Å². The van der Waals surface area contributed by atoms with Crippen LogP contribution in [-0.4, -0.2) is 6.21 Å². The van der Waals surface area contributed by atoms with Gasteiger partial charge in [-0.3, -0.25) is 4.99 Å². The molecule has 0 saturated heterocycles. The minimum absolute atomic E-state index is 0.757. The number of hydrogen-bond acceptors (Lipinski definition) is 2. The molecular formula is C11H8BrNO. The summed E-state index contributed by atoms with van der Waals surface area (Å²) in [5.41, 5.74) is 0.907. The van der Waals surface area contributed by atoms with Crippen molar-refractivity contribution in [2.24, 2.45) is 4.99 Å². The Morgan fingerprint density at radius 2 is 1.93 bits per heavy atom. The molecule has 2 rings (SSSR count). The quantitative estimate of drug-likeness (QED) is 0.744. The van der Waals surface area contributed by atoms with E-state index in [0.29, 0.717) is 0 Å². The minimum Gasteiger partial charge on any atom is -0.463 e. The van der Waals surface area contributed by atoms with Crippen LogP contribution in [0.15, 0.2) is 56.5 Å². The number of hydrogen-bond donors (Lipinski definition) is 0. The predicted octanol–water partition coefficient (Wildman–Crippen LogP) is 3.79. The third-order valence-corrected chi connectivity index (χ3v) is 2.24. The zero-order chi connectivity index (χ0) is 9.80. The highest BCUT2D eigenvalue weighted by Gasteiger charge is 1.90. The van der Waals surface area contributed by atoms with Crippen LogP contribution >= 0.6 is 15.9 Å². The molecule has 0 amide bonds. The average molecular weight is 250 g/mol. The van der Waals surface area contributed by atoms with Crippen molar-refractivity contribution in [1.82, 2.24) is 0 Å². The molecule has 0 aliphatic rings. The Balaban J connectivity index is 2.15. The fraction of sp³-hybridized carbons (Fsp3) is 0. The highest BCUT2D eigenvalue weighted by molar-refractivity contribution is 9.10. The number of aliphatic imine (C=N–C) groups is 1. The van der Waals surface area contributed by atoms with E-state index in [9.17, 15) is 0 Å². The first-order valence-corrected chi connectivity index (χ1v) is 4.97. The van der Waals surface area contributed by atoms with Gasteiger partial charge in [0.25, 0.3) is 0 Å². The summed E-state index contributed by atoms with van der Waals surface area (Å²) < 4.78 is 6.17. The van der Waals surface area contributed by atoms with Gasteiger partial charge in [0.2, 0.25) is 0 Å². The van der Waals surface area contributed by atoms with Crippen molar-refractivity contribution in [2.75, 3.05) is 0 Å². The Bertz CT molecular complexity index is 417. The van der Waals surface area contributed by atoms with Crippen LogP contribution in [-0.2, 0) is 0 Å². The molecule has 0 spiro atoms. The van der Waals surface area contributed by atoms with E-state index in [1.54, 1.807) is 12.5 Å². The highest BCUT2D eigenvalue weighted by Crippen LogP contribution is 2.16. The van der Waals surface area contributed by atoms with Crippen LogP contribution in [0.1, 0.15) is 5.76 Å². The predicted molar refractivity (Wildman–Crippen MR) is 60.1 cm³/mol. The molecule has 14 heavy (non-hydrogen) atoms. The second-order valence-electron chi connectivity index (χ2n) is 2.75. The summed E-state index contributed by atoms with van der Waals surface area (Å²) in [4.78, 5) is 4.25. The summed E-state index contributed by atoms with van der Waals surface area (Å²) in [6.07, 6.45) is 3.33. The summed E-state index contributed by atoms with van der Waals surface area (Å²) in [7, 11) is 0. The van der Waals surface area contributed by atoms with Crippen molar-refractivity contribution in [3.8, 4) is 0 Å². The van der Waals surface area contributed by atoms with E-state index in [2.05, 4.69) is 20.9 Å². The second kappa shape index (κ2) is 4.24. The Hall–Kier alpha value is -1.35. The van der Waals surface area contributed by atoms with Crippen LogP contribution in [0, 0.1) is 0 Å². The Morgan fingerprint density at radius 1 is 1.14 bits per heavy atom. The molecule has 0 N–H and O–H groups in total. The van der Waals surface area contributed by atoms with Crippen molar-refractivity contribution in [1.29, 1.82) is 0 Å². The van der Waals surface area contributed by atoms with Gasteiger partial charge < -0.3 is 4.42 Å². The lowest BCUT2D eigenvalue weighted by molar-refractivity contribution is 0.560. The zero-order valence-electron chi connectivity index (χ0n) is 7.35. The summed E-state index contributed by atoms with van der Waals surface area (Å²) in [6, 6.07) is 11.5. The summed E-state index contributed by atoms with van der Waals surface area (Å²) in [5, 5.41) is 0. The SMILES string of the molecule is Brc1ccc(N=Cc2ccco2)cc1. The van der Waals surface area contributed by atoms with E-state index >= 15 is 0 Å². The second-order valence-corrected chi connectivity index (χ2v) is 3.67. The van der Waals surface area contributed by atoms with Gasteiger partial charge in [0.15, 0.2) is 0 Å². The number of halogens is 1. The van der Waals surface area contributed by atoms with Crippen molar-refractivity contribution in [2.45, 2.75) is 0 Å². The van der Waals surface area contributed by atoms with Gasteiger partial charge in [-0.15, -0.1) is 0 Å². The van der Waals surface area contributed by atoms with Gasteiger partial charge in [0.1, 0.15) is 5.76 Å². The topological polar surface area (TPSA) is 25.5 Å². The molecule has 0 aliphatic carbocycles. The van der Waals surface area contributed by atoms with Crippen LogP contribution in [0.3, 0.4) is 0 Å². The molecule has 0 bridgehead atoms.